The summed E-state index contributed by atoms with van der Waals surface area (Å²) < 4.78 is 39.5. The van der Waals surface area contributed by atoms with Crippen molar-refractivity contribution < 1.29 is 18.0 Å². The van der Waals surface area contributed by atoms with Gasteiger partial charge in [0.25, 0.3) is 5.91 Å². The van der Waals surface area contributed by atoms with E-state index in [9.17, 15) is 18.0 Å². The lowest BCUT2D eigenvalue weighted by Gasteiger charge is -2.13. The van der Waals surface area contributed by atoms with E-state index in [0.717, 1.165) is 22.7 Å². The van der Waals surface area contributed by atoms with Crippen LogP contribution < -0.4 is 5.32 Å². The molecule has 31 heavy (non-hydrogen) atoms. The summed E-state index contributed by atoms with van der Waals surface area (Å²) in [4.78, 5) is 21.0. The molecular weight excluding hydrogens is 447 g/mol. The lowest BCUT2D eigenvalue weighted by atomic mass is 10.1. The summed E-state index contributed by atoms with van der Waals surface area (Å²) in [6, 6.07) is 13.3. The highest BCUT2D eigenvalue weighted by atomic mass is 35.5. The van der Waals surface area contributed by atoms with Gasteiger partial charge in [-0.3, -0.25) is 9.78 Å². The van der Waals surface area contributed by atoms with Crippen LogP contribution in [0.15, 0.2) is 72.4 Å². The Morgan fingerprint density at radius 1 is 1.03 bits per heavy atom. The summed E-state index contributed by atoms with van der Waals surface area (Å²) in [5.41, 5.74) is 0.920. The number of hydrogen-bond donors (Lipinski definition) is 1. The summed E-state index contributed by atoms with van der Waals surface area (Å²) in [5, 5.41) is 5.65. The van der Waals surface area contributed by atoms with Crippen LogP contribution in [0.1, 0.15) is 15.9 Å². The summed E-state index contributed by atoms with van der Waals surface area (Å²) >= 11 is 7.82. The summed E-state index contributed by atoms with van der Waals surface area (Å²) in [7, 11) is 0. The molecule has 4 nitrogen and oxygen atoms in total. The number of rotatable bonds is 4. The maximum absolute atomic E-state index is 13.2. The number of carbonyl (C=O) groups is 1. The van der Waals surface area contributed by atoms with Gasteiger partial charge in [0.1, 0.15) is 5.01 Å². The van der Waals surface area contributed by atoms with Gasteiger partial charge in [0.15, 0.2) is 0 Å². The number of anilines is 1. The third kappa shape index (κ3) is 4.60. The molecule has 0 aliphatic carbocycles. The number of aromatic nitrogens is 2. The molecule has 0 unspecified atom stereocenters. The molecule has 0 bridgehead atoms. The molecule has 0 radical (unpaired) electrons. The van der Waals surface area contributed by atoms with Crippen molar-refractivity contribution in [3.8, 4) is 21.8 Å². The first-order chi connectivity index (χ1) is 14.8. The van der Waals surface area contributed by atoms with Crippen LogP contribution in [0.2, 0.25) is 5.02 Å². The number of alkyl halides is 3. The zero-order chi connectivity index (χ0) is 22.0. The molecule has 156 valence electrons. The molecule has 1 N–H and O–H groups in total. The number of pyridine rings is 1. The first-order valence-corrected chi connectivity index (χ1v) is 10.2. The molecule has 9 heteroatoms. The van der Waals surface area contributed by atoms with Crippen molar-refractivity contribution in [2.75, 3.05) is 5.32 Å². The van der Waals surface area contributed by atoms with Crippen LogP contribution in [-0.4, -0.2) is 15.9 Å². The van der Waals surface area contributed by atoms with Crippen molar-refractivity contribution in [3.63, 3.8) is 0 Å². The van der Waals surface area contributed by atoms with Crippen LogP contribution in [0.4, 0.5) is 18.9 Å². The van der Waals surface area contributed by atoms with Gasteiger partial charge in [0, 0.05) is 22.7 Å². The molecule has 4 rings (SSSR count). The van der Waals surface area contributed by atoms with Gasteiger partial charge in [0.2, 0.25) is 0 Å². The molecule has 0 spiro atoms. The monoisotopic (exact) mass is 459 g/mol. The van der Waals surface area contributed by atoms with E-state index in [0.29, 0.717) is 16.3 Å². The first kappa shape index (κ1) is 21.0. The predicted octanol–water partition coefficient (Wildman–Crippen LogP) is 6.80. The predicted molar refractivity (Wildman–Crippen MR) is 115 cm³/mol. The molecule has 4 aromatic rings. The summed E-state index contributed by atoms with van der Waals surface area (Å²) in [6.45, 7) is 0. The van der Waals surface area contributed by atoms with Crippen molar-refractivity contribution in [1.82, 2.24) is 9.97 Å². The highest BCUT2D eigenvalue weighted by Gasteiger charge is 2.34. The molecule has 2 aromatic heterocycles. The van der Waals surface area contributed by atoms with E-state index in [1.54, 1.807) is 24.4 Å². The van der Waals surface area contributed by atoms with Crippen LogP contribution in [0.3, 0.4) is 0 Å². The number of thiazole rings is 1. The minimum absolute atomic E-state index is 0.262. The van der Waals surface area contributed by atoms with Crippen LogP contribution in [0.5, 0.6) is 0 Å². The number of carbonyl (C=O) groups excluding carboxylic acids is 1. The minimum Gasteiger partial charge on any atom is -0.321 e. The molecule has 2 heterocycles. The van der Waals surface area contributed by atoms with E-state index < -0.39 is 23.2 Å². The zero-order valence-corrected chi connectivity index (χ0v) is 17.2. The number of halogens is 4. The number of amides is 1. The summed E-state index contributed by atoms with van der Waals surface area (Å²) in [5.74, 6) is -0.869. The fourth-order valence-electron chi connectivity index (χ4n) is 2.97. The molecule has 0 aliphatic rings. The third-order valence-electron chi connectivity index (χ3n) is 4.42. The number of benzene rings is 2. The summed E-state index contributed by atoms with van der Waals surface area (Å²) in [6.07, 6.45) is -1.55. The van der Waals surface area contributed by atoms with Gasteiger partial charge in [-0.15, -0.1) is 11.3 Å². The molecular formula is C22H13ClF3N3OS. The van der Waals surface area contributed by atoms with Gasteiger partial charge in [-0.1, -0.05) is 29.8 Å². The van der Waals surface area contributed by atoms with Crippen LogP contribution in [0.25, 0.3) is 21.8 Å². The fourth-order valence-corrected chi connectivity index (χ4v) is 3.82. The Morgan fingerprint density at radius 2 is 1.84 bits per heavy atom. The third-order valence-corrected chi connectivity index (χ3v) is 5.57. The normalized spacial score (nSPS) is 11.4. The molecule has 0 saturated heterocycles. The Morgan fingerprint density at radius 3 is 2.52 bits per heavy atom. The highest BCUT2D eigenvalue weighted by molar-refractivity contribution is 7.13. The van der Waals surface area contributed by atoms with Crippen LogP contribution in [-0.2, 0) is 6.18 Å². The largest absolute Gasteiger partial charge is 0.417 e. The van der Waals surface area contributed by atoms with Crippen molar-refractivity contribution in [1.29, 1.82) is 0 Å². The smallest absolute Gasteiger partial charge is 0.321 e. The average Bonchev–Trinajstić information content (AvgIpc) is 3.29. The minimum atomic E-state index is -4.63. The second-order valence-electron chi connectivity index (χ2n) is 6.46. The van der Waals surface area contributed by atoms with Gasteiger partial charge >= 0.3 is 6.18 Å². The van der Waals surface area contributed by atoms with Gasteiger partial charge in [-0.2, -0.15) is 13.2 Å². The van der Waals surface area contributed by atoms with Gasteiger partial charge in [-0.25, -0.2) is 4.98 Å². The van der Waals surface area contributed by atoms with E-state index in [2.05, 4.69) is 15.3 Å². The Hall–Kier alpha value is -3.23. The van der Waals surface area contributed by atoms with Gasteiger partial charge in [-0.05, 0) is 36.4 Å². The molecule has 0 atom stereocenters. The molecule has 1 amide bonds. The quantitative estimate of drug-likeness (QED) is 0.365. The van der Waals surface area contributed by atoms with E-state index in [-0.39, 0.29) is 5.69 Å². The number of nitrogens with zero attached hydrogens (tertiary/aromatic N) is 2. The Bertz CT molecular complexity index is 1230. The van der Waals surface area contributed by atoms with Crippen molar-refractivity contribution >= 4 is 34.5 Å². The average molecular weight is 460 g/mol. The van der Waals surface area contributed by atoms with E-state index in [4.69, 9.17) is 11.6 Å². The second kappa shape index (κ2) is 8.49. The first-order valence-electron chi connectivity index (χ1n) is 8.96. The van der Waals surface area contributed by atoms with Crippen molar-refractivity contribution in [2.24, 2.45) is 0 Å². The zero-order valence-electron chi connectivity index (χ0n) is 15.7. The topological polar surface area (TPSA) is 54.9 Å². The van der Waals surface area contributed by atoms with Gasteiger partial charge in [0.05, 0.1) is 33.7 Å². The maximum Gasteiger partial charge on any atom is 0.417 e. The Balaban J connectivity index is 1.58. The SMILES string of the molecule is O=C(Nc1ccc(-c2cc(-c3nccs3)ccc2Cl)nc1)c1ccccc1C(F)(F)F. The van der Waals surface area contributed by atoms with Crippen LogP contribution in [0, 0.1) is 0 Å². The molecule has 0 aliphatic heterocycles. The van der Waals surface area contributed by atoms with Crippen LogP contribution >= 0.6 is 22.9 Å². The van der Waals surface area contributed by atoms with Crippen molar-refractivity contribution in [2.45, 2.75) is 6.18 Å². The van der Waals surface area contributed by atoms with Crippen molar-refractivity contribution in [3.05, 3.63) is 88.5 Å². The second-order valence-corrected chi connectivity index (χ2v) is 7.76. The number of nitrogens with one attached hydrogen (secondary N) is 1. The van der Waals surface area contributed by atoms with E-state index in [1.165, 1.54) is 29.7 Å². The number of hydrogen-bond acceptors (Lipinski definition) is 4. The van der Waals surface area contributed by atoms with E-state index >= 15 is 0 Å². The Kier molecular flexibility index (Phi) is 5.75. The van der Waals surface area contributed by atoms with Gasteiger partial charge < -0.3 is 5.32 Å². The molecule has 2 aromatic carbocycles. The lowest BCUT2D eigenvalue weighted by Crippen LogP contribution is -2.18. The molecule has 0 saturated carbocycles. The maximum atomic E-state index is 13.2. The lowest BCUT2D eigenvalue weighted by molar-refractivity contribution is -0.137. The highest BCUT2D eigenvalue weighted by Crippen LogP contribution is 2.34. The fraction of sp³-hybridized carbons (Fsp3) is 0.0455. The molecule has 0 fully saturated rings. The standard InChI is InChI=1S/C22H13ClF3N3OS/c23-18-7-5-13(21-27-9-10-31-21)11-16(18)19-8-6-14(12-28-19)29-20(30)15-3-1-2-4-17(15)22(24,25)26/h1-12H,(H,29,30). The van der Waals surface area contributed by atoms with E-state index in [1.807, 2.05) is 17.5 Å². The Labute approximate surface area is 184 Å².